The number of amides is 1. The lowest BCUT2D eigenvalue weighted by atomic mass is 10.2. The molecule has 98 valence electrons. The van der Waals surface area contributed by atoms with E-state index in [1.807, 2.05) is 0 Å². The smallest absolute Gasteiger partial charge is 0.274 e. The molecule has 6 heteroatoms. The molecule has 1 heterocycles. The van der Waals surface area contributed by atoms with Gasteiger partial charge < -0.3 is 15.8 Å². The molecule has 19 heavy (non-hydrogen) atoms. The molecular weight excluding hydrogens is 310 g/mol. The zero-order valence-electron chi connectivity index (χ0n) is 10.2. The summed E-state index contributed by atoms with van der Waals surface area (Å²) in [4.78, 5) is 16.0. The highest BCUT2D eigenvalue weighted by atomic mass is 79.9. The second-order valence-corrected chi connectivity index (χ2v) is 4.69. The molecule has 2 rings (SSSR count). The second-order valence-electron chi connectivity index (χ2n) is 3.78. The number of nitrogens with two attached hydrogens (primary N) is 1. The third kappa shape index (κ3) is 3.23. The summed E-state index contributed by atoms with van der Waals surface area (Å²) >= 11 is 3.26. The summed E-state index contributed by atoms with van der Waals surface area (Å²) < 4.78 is 5.97. The summed E-state index contributed by atoms with van der Waals surface area (Å²) in [6, 6.07) is 8.40. The lowest BCUT2D eigenvalue weighted by Crippen LogP contribution is -2.14. The van der Waals surface area contributed by atoms with Crippen molar-refractivity contribution in [2.24, 2.45) is 0 Å². The van der Waals surface area contributed by atoms with E-state index < -0.39 is 0 Å². The summed E-state index contributed by atoms with van der Waals surface area (Å²) in [6.45, 7) is 0. The van der Waals surface area contributed by atoms with Gasteiger partial charge in [0.05, 0.1) is 12.8 Å². The number of methoxy groups -OCH3 is 1. The van der Waals surface area contributed by atoms with Crippen LogP contribution in [-0.4, -0.2) is 18.0 Å². The zero-order chi connectivity index (χ0) is 13.8. The number of nitrogen functional groups attached to an aromatic ring is 1. The summed E-state index contributed by atoms with van der Waals surface area (Å²) in [5.41, 5.74) is 7.05. The van der Waals surface area contributed by atoms with Crippen molar-refractivity contribution in [2.45, 2.75) is 0 Å². The highest BCUT2D eigenvalue weighted by molar-refractivity contribution is 9.10. The van der Waals surface area contributed by atoms with E-state index in [2.05, 4.69) is 26.2 Å². The van der Waals surface area contributed by atoms with Crippen molar-refractivity contribution in [3.05, 3.63) is 46.7 Å². The predicted molar refractivity (Wildman–Crippen MR) is 77.3 cm³/mol. The first kappa shape index (κ1) is 13.4. The number of nitrogens with one attached hydrogen (secondary N) is 1. The number of pyridine rings is 1. The number of benzene rings is 1. The van der Waals surface area contributed by atoms with Crippen molar-refractivity contribution in [3.63, 3.8) is 0 Å². The number of hydrogen-bond acceptors (Lipinski definition) is 4. The maximum Gasteiger partial charge on any atom is 0.274 e. The van der Waals surface area contributed by atoms with E-state index in [-0.39, 0.29) is 5.91 Å². The Labute approximate surface area is 118 Å². The van der Waals surface area contributed by atoms with Crippen LogP contribution in [0.15, 0.2) is 41.0 Å². The Bertz CT molecular complexity index is 599. The molecule has 0 atom stereocenters. The molecule has 1 aromatic carbocycles. The Kier molecular flexibility index (Phi) is 4.01. The van der Waals surface area contributed by atoms with E-state index in [4.69, 9.17) is 10.5 Å². The summed E-state index contributed by atoms with van der Waals surface area (Å²) in [6.07, 6.45) is 1.56. The Morgan fingerprint density at radius 3 is 2.79 bits per heavy atom. The molecule has 0 aliphatic heterocycles. The fourth-order valence-corrected chi connectivity index (χ4v) is 1.75. The van der Waals surface area contributed by atoms with Crippen LogP contribution in [0.1, 0.15) is 10.5 Å². The molecular formula is C13H12BrN3O2. The first-order valence-corrected chi connectivity index (χ1v) is 6.26. The van der Waals surface area contributed by atoms with Crippen molar-refractivity contribution in [2.75, 3.05) is 18.2 Å². The lowest BCUT2D eigenvalue weighted by molar-refractivity contribution is 0.102. The molecule has 0 aliphatic rings. The number of carbonyl (C=O) groups is 1. The van der Waals surface area contributed by atoms with E-state index in [0.29, 0.717) is 22.8 Å². The topological polar surface area (TPSA) is 77.2 Å². The van der Waals surface area contributed by atoms with Gasteiger partial charge in [-0.2, -0.15) is 0 Å². The van der Waals surface area contributed by atoms with Gasteiger partial charge in [0, 0.05) is 16.4 Å². The molecule has 5 nitrogen and oxygen atoms in total. The third-order valence-corrected chi connectivity index (χ3v) is 2.90. The van der Waals surface area contributed by atoms with Gasteiger partial charge in [-0.25, -0.2) is 4.98 Å². The minimum Gasteiger partial charge on any atom is -0.495 e. The molecule has 1 amide bonds. The molecule has 0 fully saturated rings. The molecule has 0 saturated heterocycles. The number of hydrogen-bond donors (Lipinski definition) is 2. The minimum atomic E-state index is -0.323. The van der Waals surface area contributed by atoms with Gasteiger partial charge in [0.15, 0.2) is 0 Å². The van der Waals surface area contributed by atoms with Crippen molar-refractivity contribution >= 4 is 33.2 Å². The van der Waals surface area contributed by atoms with E-state index in [1.165, 1.54) is 7.11 Å². The lowest BCUT2D eigenvalue weighted by Gasteiger charge is -2.10. The Morgan fingerprint density at radius 2 is 2.16 bits per heavy atom. The molecule has 0 unspecified atom stereocenters. The second kappa shape index (κ2) is 5.71. The van der Waals surface area contributed by atoms with Crippen molar-refractivity contribution in [3.8, 4) is 5.75 Å². The van der Waals surface area contributed by atoms with Gasteiger partial charge in [0.1, 0.15) is 11.4 Å². The largest absolute Gasteiger partial charge is 0.495 e. The number of ether oxygens (including phenoxy) is 1. The number of carbonyl (C=O) groups excluding carboxylic acids is 1. The highest BCUT2D eigenvalue weighted by Gasteiger charge is 2.11. The number of rotatable bonds is 3. The van der Waals surface area contributed by atoms with Gasteiger partial charge in [0.25, 0.3) is 5.91 Å². The van der Waals surface area contributed by atoms with Crippen LogP contribution < -0.4 is 15.8 Å². The van der Waals surface area contributed by atoms with E-state index in [1.54, 1.807) is 36.5 Å². The molecule has 1 aromatic heterocycles. The van der Waals surface area contributed by atoms with Crippen LogP contribution in [-0.2, 0) is 0 Å². The van der Waals surface area contributed by atoms with Crippen molar-refractivity contribution < 1.29 is 9.53 Å². The van der Waals surface area contributed by atoms with Crippen LogP contribution >= 0.6 is 15.9 Å². The van der Waals surface area contributed by atoms with Crippen LogP contribution in [0, 0.1) is 0 Å². The molecule has 0 saturated carbocycles. The van der Waals surface area contributed by atoms with Gasteiger partial charge in [0.2, 0.25) is 0 Å². The third-order valence-electron chi connectivity index (χ3n) is 2.43. The standard InChI is InChI=1S/C13H12BrN3O2/c1-19-12-5-3-9(15)6-11(12)17-13(18)10-4-2-8(14)7-16-10/h2-7H,15H2,1H3,(H,17,18). The van der Waals surface area contributed by atoms with Gasteiger partial charge >= 0.3 is 0 Å². The Hall–Kier alpha value is -2.08. The molecule has 3 N–H and O–H groups in total. The van der Waals surface area contributed by atoms with Gasteiger partial charge in [-0.05, 0) is 46.3 Å². The summed E-state index contributed by atoms with van der Waals surface area (Å²) in [5, 5.41) is 2.72. The Morgan fingerprint density at radius 1 is 1.37 bits per heavy atom. The molecule has 0 aliphatic carbocycles. The van der Waals surface area contributed by atoms with Crippen LogP contribution in [0.2, 0.25) is 0 Å². The molecule has 0 radical (unpaired) electrons. The first-order valence-electron chi connectivity index (χ1n) is 5.46. The maximum atomic E-state index is 12.0. The number of nitrogens with zero attached hydrogens (tertiary/aromatic N) is 1. The first-order chi connectivity index (χ1) is 9.10. The van der Waals surface area contributed by atoms with Gasteiger partial charge in [-0.15, -0.1) is 0 Å². The monoisotopic (exact) mass is 321 g/mol. The van der Waals surface area contributed by atoms with Gasteiger partial charge in [-0.1, -0.05) is 0 Å². The van der Waals surface area contributed by atoms with Crippen LogP contribution in [0.4, 0.5) is 11.4 Å². The quantitative estimate of drug-likeness (QED) is 0.852. The molecule has 2 aromatic rings. The predicted octanol–water partition coefficient (Wildman–Crippen LogP) is 2.69. The van der Waals surface area contributed by atoms with Crippen molar-refractivity contribution in [1.29, 1.82) is 0 Å². The van der Waals surface area contributed by atoms with Crippen LogP contribution in [0.5, 0.6) is 5.75 Å². The van der Waals surface area contributed by atoms with E-state index >= 15 is 0 Å². The van der Waals surface area contributed by atoms with Gasteiger partial charge in [-0.3, -0.25) is 4.79 Å². The number of halogens is 1. The minimum absolute atomic E-state index is 0.313. The zero-order valence-corrected chi connectivity index (χ0v) is 11.8. The number of aromatic nitrogens is 1. The SMILES string of the molecule is COc1ccc(N)cc1NC(=O)c1ccc(Br)cn1. The van der Waals surface area contributed by atoms with E-state index in [9.17, 15) is 4.79 Å². The fourth-order valence-electron chi connectivity index (χ4n) is 1.52. The van der Waals surface area contributed by atoms with Crippen molar-refractivity contribution in [1.82, 2.24) is 4.98 Å². The fraction of sp³-hybridized carbons (Fsp3) is 0.0769. The normalized spacial score (nSPS) is 10.0. The Balaban J connectivity index is 2.23. The van der Waals surface area contributed by atoms with Crippen LogP contribution in [0.25, 0.3) is 0 Å². The van der Waals surface area contributed by atoms with Crippen LogP contribution in [0.3, 0.4) is 0 Å². The summed E-state index contributed by atoms with van der Waals surface area (Å²) in [5.74, 6) is 0.219. The summed E-state index contributed by atoms with van der Waals surface area (Å²) in [7, 11) is 1.53. The molecule has 0 spiro atoms. The van der Waals surface area contributed by atoms with E-state index in [0.717, 1.165) is 4.47 Å². The molecule has 0 bridgehead atoms. The maximum absolute atomic E-state index is 12.0. The average molecular weight is 322 g/mol. The number of anilines is 2. The average Bonchev–Trinajstić information content (AvgIpc) is 2.39. The highest BCUT2D eigenvalue weighted by Crippen LogP contribution is 2.26.